The highest BCUT2D eigenvalue weighted by molar-refractivity contribution is 4.65. The summed E-state index contributed by atoms with van der Waals surface area (Å²) in [6.45, 7) is 6.89. The molecule has 1 aliphatic heterocycles. The Kier molecular flexibility index (Phi) is 6.15. The Morgan fingerprint density at radius 2 is 1.86 bits per heavy atom. The van der Waals surface area contributed by atoms with E-state index in [9.17, 15) is 0 Å². The molecular weight excluding hydrogens is 176 g/mol. The van der Waals surface area contributed by atoms with Crippen LogP contribution in [0, 0.1) is 0 Å². The van der Waals surface area contributed by atoms with Crippen molar-refractivity contribution in [2.45, 2.75) is 19.3 Å². The maximum absolute atomic E-state index is 5.05. The van der Waals surface area contributed by atoms with Gasteiger partial charge in [0.05, 0.1) is 6.61 Å². The van der Waals surface area contributed by atoms with Crippen LogP contribution in [0.5, 0.6) is 0 Å². The molecule has 84 valence electrons. The third-order valence-corrected chi connectivity index (χ3v) is 2.92. The molecule has 3 nitrogen and oxygen atoms in total. The van der Waals surface area contributed by atoms with Crippen LogP contribution in [0.4, 0.5) is 0 Å². The van der Waals surface area contributed by atoms with Gasteiger partial charge in [0.25, 0.3) is 0 Å². The van der Waals surface area contributed by atoms with Crippen LogP contribution in [0.15, 0.2) is 0 Å². The molecule has 0 saturated carbocycles. The Balaban J connectivity index is 2.00. The maximum atomic E-state index is 5.05. The zero-order valence-electron chi connectivity index (χ0n) is 9.67. The smallest absolute Gasteiger partial charge is 0.0589 e. The molecule has 0 amide bonds. The molecule has 14 heavy (non-hydrogen) atoms. The molecule has 0 bridgehead atoms. The third-order valence-electron chi connectivity index (χ3n) is 2.92. The minimum absolute atomic E-state index is 0.844. The van der Waals surface area contributed by atoms with Crippen molar-refractivity contribution in [2.24, 2.45) is 0 Å². The van der Waals surface area contributed by atoms with Crippen molar-refractivity contribution in [2.75, 3.05) is 53.5 Å². The van der Waals surface area contributed by atoms with Gasteiger partial charge in [0.15, 0.2) is 0 Å². The van der Waals surface area contributed by atoms with E-state index in [0.29, 0.717) is 0 Å². The summed E-state index contributed by atoms with van der Waals surface area (Å²) in [7, 11) is 3.93. The number of piperidine rings is 1. The van der Waals surface area contributed by atoms with Crippen LogP contribution >= 0.6 is 0 Å². The van der Waals surface area contributed by atoms with Crippen molar-refractivity contribution in [1.82, 2.24) is 9.80 Å². The van der Waals surface area contributed by atoms with Gasteiger partial charge in [-0.15, -0.1) is 0 Å². The van der Waals surface area contributed by atoms with E-state index in [0.717, 1.165) is 13.2 Å². The summed E-state index contributed by atoms with van der Waals surface area (Å²) in [4.78, 5) is 4.92. The highest BCUT2D eigenvalue weighted by atomic mass is 16.5. The number of hydrogen-bond acceptors (Lipinski definition) is 3. The van der Waals surface area contributed by atoms with E-state index < -0.39 is 0 Å². The van der Waals surface area contributed by atoms with Crippen LogP contribution < -0.4 is 0 Å². The molecule has 0 aromatic rings. The minimum atomic E-state index is 0.844. The molecule has 0 aromatic heterocycles. The van der Waals surface area contributed by atoms with E-state index in [1.807, 2.05) is 0 Å². The lowest BCUT2D eigenvalue weighted by molar-refractivity contribution is 0.145. The van der Waals surface area contributed by atoms with Crippen molar-refractivity contribution < 1.29 is 4.74 Å². The number of methoxy groups -OCH3 is 1. The molecule has 0 spiro atoms. The normalized spacial score (nSPS) is 19.1. The first-order valence-electron chi connectivity index (χ1n) is 5.73. The Bertz CT molecular complexity index is 135. The van der Waals surface area contributed by atoms with Gasteiger partial charge >= 0.3 is 0 Å². The zero-order chi connectivity index (χ0) is 10.2. The molecule has 0 unspecified atom stereocenters. The fourth-order valence-electron chi connectivity index (χ4n) is 1.85. The first-order valence-corrected chi connectivity index (χ1v) is 5.73. The lowest BCUT2D eigenvalue weighted by atomic mass is 10.1. The van der Waals surface area contributed by atoms with Gasteiger partial charge in [0.2, 0.25) is 0 Å². The molecule has 3 heteroatoms. The summed E-state index contributed by atoms with van der Waals surface area (Å²) in [5.74, 6) is 0. The van der Waals surface area contributed by atoms with Crippen LogP contribution in [0.1, 0.15) is 19.3 Å². The monoisotopic (exact) mass is 200 g/mol. The lowest BCUT2D eigenvalue weighted by Crippen LogP contribution is -2.37. The van der Waals surface area contributed by atoms with Crippen LogP contribution in [0.2, 0.25) is 0 Å². The highest BCUT2D eigenvalue weighted by Gasteiger charge is 2.09. The molecule has 0 N–H and O–H groups in total. The second-order valence-corrected chi connectivity index (χ2v) is 4.20. The Morgan fingerprint density at radius 1 is 1.14 bits per heavy atom. The number of hydrogen-bond donors (Lipinski definition) is 0. The number of ether oxygens (including phenoxy) is 1. The molecule has 1 heterocycles. The zero-order valence-corrected chi connectivity index (χ0v) is 9.67. The third kappa shape index (κ3) is 4.94. The van der Waals surface area contributed by atoms with Crippen LogP contribution in [-0.4, -0.2) is 63.3 Å². The fourth-order valence-corrected chi connectivity index (χ4v) is 1.85. The summed E-state index contributed by atoms with van der Waals surface area (Å²) < 4.78 is 5.05. The Labute approximate surface area is 88.0 Å². The average Bonchev–Trinajstić information content (AvgIpc) is 2.25. The first kappa shape index (κ1) is 12.0. The van der Waals surface area contributed by atoms with E-state index >= 15 is 0 Å². The topological polar surface area (TPSA) is 15.7 Å². The van der Waals surface area contributed by atoms with Gasteiger partial charge in [-0.05, 0) is 33.0 Å². The van der Waals surface area contributed by atoms with Gasteiger partial charge in [0.1, 0.15) is 0 Å². The molecule has 1 rings (SSSR count). The van der Waals surface area contributed by atoms with E-state index in [1.165, 1.54) is 45.4 Å². The molecule has 0 aromatic carbocycles. The highest BCUT2D eigenvalue weighted by Crippen LogP contribution is 2.07. The lowest BCUT2D eigenvalue weighted by Gasteiger charge is -2.28. The Morgan fingerprint density at radius 3 is 2.50 bits per heavy atom. The summed E-state index contributed by atoms with van der Waals surface area (Å²) in [6, 6.07) is 0. The fraction of sp³-hybridized carbons (Fsp3) is 1.00. The first-order chi connectivity index (χ1) is 6.83. The quantitative estimate of drug-likeness (QED) is 0.637. The molecule has 1 aliphatic rings. The van der Waals surface area contributed by atoms with Gasteiger partial charge in [-0.1, -0.05) is 6.42 Å². The predicted octanol–water partition coefficient (Wildman–Crippen LogP) is 1.05. The average molecular weight is 200 g/mol. The second-order valence-electron chi connectivity index (χ2n) is 4.20. The minimum Gasteiger partial charge on any atom is -0.383 e. The van der Waals surface area contributed by atoms with Crippen molar-refractivity contribution in [3.8, 4) is 0 Å². The van der Waals surface area contributed by atoms with Crippen molar-refractivity contribution >= 4 is 0 Å². The SMILES string of the molecule is COCCN(C)CCN1CCCCC1. The van der Waals surface area contributed by atoms with Gasteiger partial charge < -0.3 is 14.5 Å². The molecular formula is C11H24N2O. The number of likely N-dealkylation sites (N-methyl/N-ethyl adjacent to an activating group) is 1. The van der Waals surface area contributed by atoms with Gasteiger partial charge in [-0.2, -0.15) is 0 Å². The largest absolute Gasteiger partial charge is 0.383 e. The van der Waals surface area contributed by atoms with E-state index in [-0.39, 0.29) is 0 Å². The second kappa shape index (κ2) is 7.21. The molecule has 1 saturated heterocycles. The maximum Gasteiger partial charge on any atom is 0.0589 e. The van der Waals surface area contributed by atoms with Crippen LogP contribution in [0.3, 0.4) is 0 Å². The number of nitrogens with zero attached hydrogens (tertiary/aromatic N) is 2. The summed E-state index contributed by atoms with van der Waals surface area (Å²) in [6.07, 6.45) is 4.21. The van der Waals surface area contributed by atoms with Gasteiger partial charge in [0, 0.05) is 26.7 Å². The summed E-state index contributed by atoms with van der Waals surface area (Å²) in [5, 5.41) is 0. The van der Waals surface area contributed by atoms with Gasteiger partial charge in [-0.3, -0.25) is 0 Å². The van der Waals surface area contributed by atoms with Crippen LogP contribution in [0.25, 0.3) is 0 Å². The van der Waals surface area contributed by atoms with E-state index in [1.54, 1.807) is 7.11 Å². The number of likely N-dealkylation sites (tertiary alicyclic amines) is 1. The Hall–Kier alpha value is -0.120. The number of rotatable bonds is 6. The van der Waals surface area contributed by atoms with Crippen molar-refractivity contribution in [3.63, 3.8) is 0 Å². The van der Waals surface area contributed by atoms with Gasteiger partial charge in [-0.25, -0.2) is 0 Å². The van der Waals surface area contributed by atoms with E-state index in [4.69, 9.17) is 4.74 Å². The molecule has 1 fully saturated rings. The van der Waals surface area contributed by atoms with Crippen LogP contribution in [-0.2, 0) is 4.74 Å². The van der Waals surface area contributed by atoms with Crippen molar-refractivity contribution in [3.05, 3.63) is 0 Å². The summed E-state index contributed by atoms with van der Waals surface area (Å²) >= 11 is 0. The molecule has 0 aliphatic carbocycles. The molecule has 0 atom stereocenters. The van der Waals surface area contributed by atoms with E-state index in [2.05, 4.69) is 16.8 Å². The standard InChI is InChI=1S/C11H24N2O/c1-12(10-11-14-2)8-9-13-6-4-3-5-7-13/h3-11H2,1-2H3. The molecule has 0 radical (unpaired) electrons. The summed E-state index contributed by atoms with van der Waals surface area (Å²) in [5.41, 5.74) is 0. The van der Waals surface area contributed by atoms with Crippen molar-refractivity contribution in [1.29, 1.82) is 0 Å². The predicted molar refractivity (Wildman–Crippen MR) is 59.7 cm³/mol.